The maximum Gasteiger partial charge on any atom is 0.416 e. The molecule has 0 saturated carbocycles. The quantitative estimate of drug-likeness (QED) is 0.775. The summed E-state index contributed by atoms with van der Waals surface area (Å²) in [5.74, 6) is -1.07. The number of amides is 3. The monoisotopic (exact) mass is 397 g/mol. The number of carbonyl (C=O) groups is 2. The molecule has 0 unspecified atom stereocenters. The van der Waals surface area contributed by atoms with E-state index in [1.165, 1.54) is 24.0 Å². The van der Waals surface area contributed by atoms with E-state index in [0.29, 0.717) is 0 Å². The van der Waals surface area contributed by atoms with Crippen molar-refractivity contribution in [3.63, 3.8) is 0 Å². The lowest BCUT2D eigenvalue weighted by atomic mass is 10.1. The number of nitrogens with one attached hydrogen (secondary N) is 1. The van der Waals surface area contributed by atoms with Crippen molar-refractivity contribution in [1.29, 1.82) is 0 Å². The van der Waals surface area contributed by atoms with E-state index in [0.717, 1.165) is 11.0 Å². The van der Waals surface area contributed by atoms with Gasteiger partial charge in [0.05, 0.1) is 5.56 Å². The summed E-state index contributed by atoms with van der Waals surface area (Å²) in [6.07, 6.45) is -10.7. The maximum atomic E-state index is 12.9. The number of piperazine rings is 1. The summed E-state index contributed by atoms with van der Waals surface area (Å²) in [5.41, 5.74) is -0.909. The van der Waals surface area contributed by atoms with Gasteiger partial charge in [-0.05, 0) is 24.6 Å². The third kappa shape index (κ3) is 5.76. The number of nitrogens with zero attached hydrogens (tertiary/aromatic N) is 2. The Morgan fingerprint density at radius 1 is 1.00 bits per heavy atom. The van der Waals surface area contributed by atoms with Gasteiger partial charge < -0.3 is 15.1 Å². The number of anilines is 1. The molecule has 1 aliphatic rings. The molecular formula is C16H17F6N3O2. The van der Waals surface area contributed by atoms with Gasteiger partial charge in [-0.25, -0.2) is 4.79 Å². The molecule has 0 bridgehead atoms. The van der Waals surface area contributed by atoms with Crippen molar-refractivity contribution >= 4 is 17.6 Å². The van der Waals surface area contributed by atoms with Crippen molar-refractivity contribution in [3.05, 3.63) is 29.3 Å². The first-order valence-corrected chi connectivity index (χ1v) is 7.95. The molecule has 11 heteroatoms. The third-order valence-corrected chi connectivity index (χ3v) is 4.07. The predicted molar refractivity (Wildman–Crippen MR) is 84.0 cm³/mol. The van der Waals surface area contributed by atoms with Crippen LogP contribution < -0.4 is 5.32 Å². The predicted octanol–water partition coefficient (Wildman–Crippen LogP) is 3.64. The molecule has 1 heterocycles. The van der Waals surface area contributed by atoms with Crippen LogP contribution in [0.25, 0.3) is 0 Å². The Morgan fingerprint density at radius 3 is 2.07 bits per heavy atom. The third-order valence-electron chi connectivity index (χ3n) is 4.07. The highest BCUT2D eigenvalue weighted by molar-refractivity contribution is 5.89. The molecule has 5 nitrogen and oxygen atoms in total. The Balaban J connectivity index is 1.94. The molecule has 2 rings (SSSR count). The van der Waals surface area contributed by atoms with E-state index in [4.69, 9.17) is 0 Å². The number of rotatable bonds is 2. The zero-order chi connectivity index (χ0) is 20.4. The van der Waals surface area contributed by atoms with Crippen LogP contribution in [0.4, 0.5) is 36.8 Å². The van der Waals surface area contributed by atoms with Crippen LogP contribution in [0.3, 0.4) is 0 Å². The van der Waals surface area contributed by atoms with Gasteiger partial charge in [0.1, 0.15) is 6.42 Å². The van der Waals surface area contributed by atoms with E-state index in [1.54, 1.807) is 0 Å². The van der Waals surface area contributed by atoms with E-state index in [-0.39, 0.29) is 37.4 Å². The van der Waals surface area contributed by atoms with Gasteiger partial charge in [-0.1, -0.05) is 6.07 Å². The molecule has 27 heavy (non-hydrogen) atoms. The van der Waals surface area contributed by atoms with Crippen molar-refractivity contribution in [2.24, 2.45) is 0 Å². The topological polar surface area (TPSA) is 52.7 Å². The van der Waals surface area contributed by atoms with Crippen LogP contribution in [0.2, 0.25) is 0 Å². The second-order valence-corrected chi connectivity index (χ2v) is 6.12. The summed E-state index contributed by atoms with van der Waals surface area (Å²) in [6, 6.07) is 2.68. The Labute approximate surface area is 150 Å². The van der Waals surface area contributed by atoms with Crippen molar-refractivity contribution in [2.45, 2.75) is 25.7 Å². The Kier molecular flexibility index (Phi) is 5.91. The first-order valence-electron chi connectivity index (χ1n) is 7.95. The van der Waals surface area contributed by atoms with Crippen molar-refractivity contribution in [2.75, 3.05) is 31.5 Å². The molecule has 3 amide bonds. The maximum absolute atomic E-state index is 12.9. The molecule has 1 aromatic carbocycles. The normalized spacial score (nSPS) is 15.7. The van der Waals surface area contributed by atoms with E-state index >= 15 is 0 Å². The van der Waals surface area contributed by atoms with Gasteiger partial charge in [0.25, 0.3) is 0 Å². The Bertz CT molecular complexity index is 709. The summed E-state index contributed by atoms with van der Waals surface area (Å²) in [7, 11) is 0. The first-order chi connectivity index (χ1) is 12.4. The van der Waals surface area contributed by atoms with Gasteiger partial charge >= 0.3 is 18.4 Å². The minimum absolute atomic E-state index is 0.0114. The number of alkyl halides is 6. The number of carbonyl (C=O) groups excluding carboxylic acids is 2. The van der Waals surface area contributed by atoms with Crippen molar-refractivity contribution in [1.82, 2.24) is 9.80 Å². The Morgan fingerprint density at radius 2 is 1.56 bits per heavy atom. The first kappa shape index (κ1) is 20.8. The lowest BCUT2D eigenvalue weighted by molar-refractivity contribution is -0.162. The Hall–Kier alpha value is -2.46. The molecule has 1 fully saturated rings. The molecule has 0 spiro atoms. The summed E-state index contributed by atoms with van der Waals surface area (Å²) < 4.78 is 75.5. The standard InChI is InChI=1S/C16H17F6N3O2/c1-10-2-3-11(8-12(10)16(20,21)22)23-14(27)25-6-4-24(5-7-25)13(26)9-15(17,18)19/h2-3,8H,4-7,9H2,1H3,(H,23,27). The van der Waals surface area contributed by atoms with E-state index in [9.17, 15) is 35.9 Å². The molecule has 0 aromatic heterocycles. The highest BCUT2D eigenvalue weighted by atomic mass is 19.4. The summed E-state index contributed by atoms with van der Waals surface area (Å²) >= 11 is 0. The van der Waals surface area contributed by atoms with Crippen LogP contribution in [-0.4, -0.2) is 54.1 Å². The van der Waals surface area contributed by atoms with Gasteiger partial charge in [0, 0.05) is 31.9 Å². The summed E-state index contributed by atoms with van der Waals surface area (Å²) in [5, 5.41) is 2.34. The number of aryl methyl sites for hydroxylation is 1. The highest BCUT2D eigenvalue weighted by Crippen LogP contribution is 2.33. The van der Waals surface area contributed by atoms with Crippen molar-refractivity contribution in [3.8, 4) is 0 Å². The molecule has 1 aromatic rings. The molecule has 0 aliphatic carbocycles. The second-order valence-electron chi connectivity index (χ2n) is 6.12. The molecule has 150 valence electrons. The SMILES string of the molecule is Cc1ccc(NC(=O)N2CCN(C(=O)CC(F)(F)F)CC2)cc1C(F)(F)F. The number of halogens is 6. The van der Waals surface area contributed by atoms with Crippen LogP contribution in [0.5, 0.6) is 0 Å². The fourth-order valence-corrected chi connectivity index (χ4v) is 2.65. The van der Waals surface area contributed by atoms with Gasteiger partial charge in [-0.15, -0.1) is 0 Å². The zero-order valence-electron chi connectivity index (χ0n) is 14.2. The minimum Gasteiger partial charge on any atom is -0.339 e. The lowest BCUT2D eigenvalue weighted by Gasteiger charge is -2.35. The molecule has 1 saturated heterocycles. The molecule has 0 radical (unpaired) electrons. The van der Waals surface area contributed by atoms with Gasteiger partial charge in [0.2, 0.25) is 5.91 Å². The van der Waals surface area contributed by atoms with Gasteiger partial charge in [-0.2, -0.15) is 26.3 Å². The molecule has 1 N–H and O–H groups in total. The van der Waals surface area contributed by atoms with Gasteiger partial charge in [-0.3, -0.25) is 4.79 Å². The largest absolute Gasteiger partial charge is 0.416 e. The zero-order valence-corrected chi connectivity index (χ0v) is 14.2. The molecular weight excluding hydrogens is 380 g/mol. The fourth-order valence-electron chi connectivity index (χ4n) is 2.65. The van der Waals surface area contributed by atoms with E-state index < -0.39 is 36.3 Å². The second kappa shape index (κ2) is 7.65. The molecule has 1 aliphatic heterocycles. The van der Waals surface area contributed by atoms with Crippen LogP contribution in [0, 0.1) is 6.92 Å². The number of urea groups is 1. The smallest absolute Gasteiger partial charge is 0.339 e. The van der Waals surface area contributed by atoms with Crippen LogP contribution in [-0.2, 0) is 11.0 Å². The lowest BCUT2D eigenvalue weighted by Crippen LogP contribution is -2.52. The minimum atomic E-state index is -4.60. The fraction of sp³-hybridized carbons (Fsp3) is 0.500. The molecule has 0 atom stereocenters. The van der Waals surface area contributed by atoms with Gasteiger partial charge in [0.15, 0.2) is 0 Å². The summed E-state index contributed by atoms with van der Waals surface area (Å²) in [4.78, 5) is 25.9. The van der Waals surface area contributed by atoms with Crippen LogP contribution >= 0.6 is 0 Å². The van der Waals surface area contributed by atoms with Crippen molar-refractivity contribution < 1.29 is 35.9 Å². The van der Waals surface area contributed by atoms with E-state index in [1.807, 2.05) is 0 Å². The van der Waals surface area contributed by atoms with E-state index in [2.05, 4.69) is 5.32 Å². The van der Waals surface area contributed by atoms with Crippen LogP contribution in [0.15, 0.2) is 18.2 Å². The number of hydrogen-bond donors (Lipinski definition) is 1. The number of hydrogen-bond acceptors (Lipinski definition) is 2. The average molecular weight is 397 g/mol. The highest BCUT2D eigenvalue weighted by Gasteiger charge is 2.35. The summed E-state index contributed by atoms with van der Waals surface area (Å²) in [6.45, 7) is 1.10. The van der Waals surface area contributed by atoms with Crippen LogP contribution in [0.1, 0.15) is 17.5 Å². The number of benzene rings is 1. The average Bonchev–Trinajstić information content (AvgIpc) is 2.54.